The Kier molecular flexibility index (Phi) is 7.19. The smallest absolute Gasteiger partial charge is 0.410 e. The maximum absolute atomic E-state index is 12.9. The van der Waals surface area contributed by atoms with Gasteiger partial charge in [0.05, 0.1) is 24.9 Å². The zero-order valence-electron chi connectivity index (χ0n) is 20.7. The monoisotopic (exact) mass is 495 g/mol. The Bertz CT molecular complexity index is 975. The van der Waals surface area contributed by atoms with E-state index in [9.17, 15) is 13.2 Å². The second kappa shape index (κ2) is 9.67. The summed E-state index contributed by atoms with van der Waals surface area (Å²) in [7, 11) is -0.692. The molecule has 2 saturated carbocycles. The van der Waals surface area contributed by atoms with Crippen molar-refractivity contribution in [3.63, 3.8) is 0 Å². The number of rotatable bonds is 8. The van der Waals surface area contributed by atoms with Crippen LogP contribution in [0.15, 0.2) is 18.5 Å². The molecular formula is C23H37N5O5S. The second-order valence-electron chi connectivity index (χ2n) is 10.4. The van der Waals surface area contributed by atoms with E-state index in [4.69, 9.17) is 9.47 Å². The minimum absolute atomic E-state index is 0.0642. The molecule has 1 amide bonds. The van der Waals surface area contributed by atoms with E-state index in [0.717, 1.165) is 35.8 Å². The quantitative estimate of drug-likeness (QED) is 0.587. The third-order valence-electron chi connectivity index (χ3n) is 7.43. The minimum atomic E-state index is -3.66. The molecule has 2 heterocycles. The molecule has 0 radical (unpaired) electrons. The van der Waals surface area contributed by atoms with E-state index in [0.29, 0.717) is 12.3 Å². The summed E-state index contributed by atoms with van der Waals surface area (Å²) in [6, 6.07) is 0.765. The molecule has 34 heavy (non-hydrogen) atoms. The molecule has 1 aromatic heterocycles. The Labute approximate surface area is 202 Å². The fourth-order valence-electron chi connectivity index (χ4n) is 5.53. The molecule has 3 aliphatic rings. The topological polar surface area (TPSA) is 114 Å². The van der Waals surface area contributed by atoms with Gasteiger partial charge in [0.2, 0.25) is 0 Å². The number of ether oxygens (including phenoxy) is 2. The lowest BCUT2D eigenvalue weighted by atomic mass is 9.86. The number of carbonyl (C=O) groups is 1. The highest BCUT2D eigenvalue weighted by molar-refractivity contribution is 7.87. The highest BCUT2D eigenvalue weighted by Gasteiger charge is 2.60. The van der Waals surface area contributed by atoms with E-state index in [2.05, 4.69) is 14.7 Å². The van der Waals surface area contributed by atoms with Gasteiger partial charge in [-0.05, 0) is 64.9 Å². The minimum Gasteiger partial charge on any atom is -0.447 e. The largest absolute Gasteiger partial charge is 0.447 e. The fraction of sp³-hybridized carbons (Fsp3) is 0.783. The molecule has 0 unspecified atom stereocenters. The van der Waals surface area contributed by atoms with Crippen LogP contribution in [0.2, 0.25) is 0 Å². The van der Waals surface area contributed by atoms with E-state index in [1.165, 1.54) is 14.1 Å². The average Bonchev–Trinajstić information content (AvgIpc) is 3.43. The molecule has 6 atom stereocenters. The number of hydrogen-bond acceptors (Lipinski definition) is 7. The van der Waals surface area contributed by atoms with E-state index < -0.39 is 28.4 Å². The van der Waals surface area contributed by atoms with Gasteiger partial charge in [-0.25, -0.2) is 14.8 Å². The first kappa shape index (κ1) is 25.3. The number of hydrogen-bond donors (Lipinski definition) is 1. The lowest BCUT2D eigenvalue weighted by Gasteiger charge is -2.33. The number of likely N-dealkylation sites (tertiary alicyclic amines) is 1. The SMILES string of the molecule is CC(C)OC(=O)N1[C@H](C)C[C@H](NS(=O)(=O)N(C)C)[C@@H]1CO[C@@H]1CC[C@]2(c3ncccn3)C[C@@H]2C1. The van der Waals surface area contributed by atoms with Gasteiger partial charge >= 0.3 is 6.09 Å². The van der Waals surface area contributed by atoms with Crippen LogP contribution >= 0.6 is 0 Å². The van der Waals surface area contributed by atoms with Gasteiger partial charge in [-0.1, -0.05) is 0 Å². The van der Waals surface area contributed by atoms with E-state index in [-0.39, 0.29) is 30.3 Å². The first-order valence-corrected chi connectivity index (χ1v) is 13.6. The third-order valence-corrected chi connectivity index (χ3v) is 8.99. The molecule has 10 nitrogen and oxygen atoms in total. The number of nitrogens with zero attached hydrogens (tertiary/aromatic N) is 4. The molecule has 190 valence electrons. The van der Waals surface area contributed by atoms with E-state index >= 15 is 0 Å². The fourth-order valence-corrected chi connectivity index (χ4v) is 6.38. The molecule has 4 rings (SSSR count). The van der Waals surface area contributed by atoms with Crippen molar-refractivity contribution in [2.45, 2.75) is 88.6 Å². The zero-order valence-corrected chi connectivity index (χ0v) is 21.5. The predicted octanol–water partition coefficient (Wildman–Crippen LogP) is 2.08. The molecule has 1 N–H and O–H groups in total. The van der Waals surface area contributed by atoms with Crippen LogP contribution in [0.1, 0.15) is 58.7 Å². The lowest BCUT2D eigenvalue weighted by Crippen LogP contribution is -2.52. The van der Waals surface area contributed by atoms with Crippen LogP contribution < -0.4 is 4.72 Å². The van der Waals surface area contributed by atoms with Crippen molar-refractivity contribution in [2.75, 3.05) is 20.7 Å². The Morgan fingerprint density at radius 2 is 2.00 bits per heavy atom. The zero-order chi connectivity index (χ0) is 24.7. The normalized spacial score (nSPS) is 33.3. The van der Waals surface area contributed by atoms with Crippen LogP contribution in [0.5, 0.6) is 0 Å². The van der Waals surface area contributed by atoms with Crippen molar-refractivity contribution in [1.82, 2.24) is 23.9 Å². The number of aromatic nitrogens is 2. The van der Waals surface area contributed by atoms with Gasteiger partial charge in [0.15, 0.2) is 0 Å². The van der Waals surface area contributed by atoms with Gasteiger partial charge in [0.25, 0.3) is 10.2 Å². The summed E-state index contributed by atoms with van der Waals surface area (Å²) in [5.74, 6) is 1.44. The van der Waals surface area contributed by atoms with Crippen LogP contribution in [-0.4, -0.2) is 84.7 Å². The van der Waals surface area contributed by atoms with Crippen molar-refractivity contribution < 1.29 is 22.7 Å². The van der Waals surface area contributed by atoms with Crippen molar-refractivity contribution in [2.24, 2.45) is 5.92 Å². The van der Waals surface area contributed by atoms with Gasteiger partial charge in [0, 0.05) is 44.0 Å². The van der Waals surface area contributed by atoms with Crippen LogP contribution in [0.25, 0.3) is 0 Å². The van der Waals surface area contributed by atoms with Crippen LogP contribution in [0.3, 0.4) is 0 Å². The Morgan fingerprint density at radius 3 is 2.62 bits per heavy atom. The maximum Gasteiger partial charge on any atom is 0.410 e. The summed E-state index contributed by atoms with van der Waals surface area (Å²) in [5.41, 5.74) is 0.0833. The molecule has 3 fully saturated rings. The van der Waals surface area contributed by atoms with Gasteiger partial charge in [-0.2, -0.15) is 17.4 Å². The summed E-state index contributed by atoms with van der Waals surface area (Å²) in [4.78, 5) is 23.5. The Hall–Kier alpha value is -1.82. The molecular weight excluding hydrogens is 458 g/mol. The van der Waals surface area contributed by atoms with Crippen molar-refractivity contribution in [3.8, 4) is 0 Å². The molecule has 11 heteroatoms. The molecule has 0 bridgehead atoms. The average molecular weight is 496 g/mol. The van der Waals surface area contributed by atoms with Gasteiger partial charge < -0.3 is 9.47 Å². The third kappa shape index (κ3) is 5.07. The Morgan fingerprint density at radius 1 is 1.29 bits per heavy atom. The second-order valence-corrected chi connectivity index (χ2v) is 12.3. The molecule has 0 spiro atoms. The maximum atomic E-state index is 12.9. The highest BCUT2D eigenvalue weighted by atomic mass is 32.2. The molecule has 1 aromatic rings. The predicted molar refractivity (Wildman–Crippen MR) is 126 cm³/mol. The van der Waals surface area contributed by atoms with E-state index in [1.54, 1.807) is 31.1 Å². The van der Waals surface area contributed by atoms with Crippen molar-refractivity contribution in [3.05, 3.63) is 24.3 Å². The molecule has 1 aliphatic heterocycles. The van der Waals surface area contributed by atoms with Crippen LogP contribution in [0, 0.1) is 5.92 Å². The first-order chi connectivity index (χ1) is 16.0. The summed E-state index contributed by atoms with van der Waals surface area (Å²) < 4.78 is 40.8. The Balaban J connectivity index is 1.43. The van der Waals surface area contributed by atoms with Crippen molar-refractivity contribution >= 4 is 16.3 Å². The van der Waals surface area contributed by atoms with E-state index in [1.807, 2.05) is 13.0 Å². The van der Waals surface area contributed by atoms with Gasteiger partial charge in [-0.15, -0.1) is 0 Å². The van der Waals surface area contributed by atoms with Crippen LogP contribution in [-0.2, 0) is 25.1 Å². The number of fused-ring (bicyclic) bond motifs is 1. The standard InChI is InChI=1S/C23H37N5O5S/c1-15(2)33-22(29)28-16(3)11-19(26-34(30,31)27(4)5)20(28)14-32-18-7-8-23(13-17(23)12-18)21-24-9-6-10-25-21/h6,9-10,15-20,26H,7-8,11-14H2,1-5H3/t16-,17+,18-,19+,20+,23+/m1/s1. The summed E-state index contributed by atoms with van der Waals surface area (Å²) in [6.07, 6.45) is 7.33. The summed E-state index contributed by atoms with van der Waals surface area (Å²) >= 11 is 0. The molecule has 2 aliphatic carbocycles. The molecule has 1 saturated heterocycles. The summed E-state index contributed by atoms with van der Waals surface area (Å²) in [6.45, 7) is 5.77. The lowest BCUT2D eigenvalue weighted by molar-refractivity contribution is -0.0148. The number of nitrogens with one attached hydrogen (secondary N) is 1. The number of amides is 1. The van der Waals surface area contributed by atoms with Gasteiger partial charge in [0.1, 0.15) is 5.82 Å². The van der Waals surface area contributed by atoms with Crippen molar-refractivity contribution in [1.29, 1.82) is 0 Å². The van der Waals surface area contributed by atoms with Gasteiger partial charge in [-0.3, -0.25) is 4.90 Å². The van der Waals surface area contributed by atoms with Crippen LogP contribution in [0.4, 0.5) is 4.79 Å². The molecule has 0 aromatic carbocycles. The number of carbonyl (C=O) groups excluding carboxylic acids is 1. The first-order valence-electron chi connectivity index (χ1n) is 12.1. The summed E-state index contributed by atoms with van der Waals surface area (Å²) in [5, 5.41) is 0. The highest BCUT2D eigenvalue weighted by Crippen LogP contribution is 2.61.